The second-order valence-electron chi connectivity index (χ2n) is 5.27. The Morgan fingerprint density at radius 3 is 2.56 bits per heavy atom. The van der Waals surface area contributed by atoms with E-state index in [9.17, 15) is 14.0 Å². The van der Waals surface area contributed by atoms with Crippen LogP contribution in [-0.2, 0) is 9.59 Å². The van der Waals surface area contributed by atoms with Crippen LogP contribution >= 0.6 is 11.8 Å². The van der Waals surface area contributed by atoms with E-state index in [1.54, 1.807) is 20.2 Å². The van der Waals surface area contributed by atoms with Gasteiger partial charge in [-0.2, -0.15) is 0 Å². The third kappa shape index (κ3) is 6.11. The number of thioether (sulfide) groups is 1. The smallest absolute Gasteiger partial charge is 0.243 e. The van der Waals surface area contributed by atoms with Gasteiger partial charge in [-0.25, -0.2) is 4.39 Å². The first-order valence-electron chi connectivity index (χ1n) is 7.54. The zero-order valence-corrected chi connectivity index (χ0v) is 14.8. The molecule has 5 nitrogen and oxygen atoms in total. The highest BCUT2D eigenvalue weighted by atomic mass is 32.2. The number of rotatable bonds is 7. The minimum atomic E-state index is -0.432. The van der Waals surface area contributed by atoms with Gasteiger partial charge in [0.25, 0.3) is 0 Å². The van der Waals surface area contributed by atoms with Crippen LogP contribution in [0.4, 0.5) is 10.1 Å². The summed E-state index contributed by atoms with van der Waals surface area (Å²) in [5.41, 5.74) is 0.360. The number of nitrogens with zero attached hydrogens (tertiary/aromatic N) is 1. The molecule has 0 saturated heterocycles. The molecule has 0 atom stereocenters. The maximum atomic E-state index is 13.1. The van der Waals surface area contributed by atoms with Gasteiger partial charge in [-0.3, -0.25) is 9.59 Å². The second kappa shape index (κ2) is 9.08. The van der Waals surface area contributed by atoms with Crippen molar-refractivity contribution in [2.24, 2.45) is 0 Å². The molecule has 2 amide bonds. The van der Waals surface area contributed by atoms with Gasteiger partial charge in [-0.1, -0.05) is 6.07 Å². The molecular formula is C18H19FN2O3S. The normalized spacial score (nSPS) is 10.2. The zero-order valence-electron chi connectivity index (χ0n) is 14.0. The molecule has 0 radical (unpaired) electrons. The second-order valence-corrected chi connectivity index (χ2v) is 6.32. The van der Waals surface area contributed by atoms with E-state index in [1.165, 1.54) is 34.9 Å². The predicted molar refractivity (Wildman–Crippen MR) is 96.4 cm³/mol. The molecule has 2 rings (SSSR count). The average molecular weight is 362 g/mol. The van der Waals surface area contributed by atoms with Crippen molar-refractivity contribution in [1.29, 1.82) is 0 Å². The number of likely N-dealkylation sites (N-methyl/N-ethyl adjacent to an activating group) is 1. The molecule has 7 heteroatoms. The maximum Gasteiger partial charge on any atom is 0.243 e. The molecule has 1 N–H and O–H groups in total. The molecular weight excluding hydrogens is 343 g/mol. The number of hydrogen-bond acceptors (Lipinski definition) is 4. The van der Waals surface area contributed by atoms with Crippen LogP contribution < -0.4 is 10.1 Å². The average Bonchev–Trinajstić information content (AvgIpc) is 2.59. The molecule has 25 heavy (non-hydrogen) atoms. The summed E-state index contributed by atoms with van der Waals surface area (Å²) in [5.74, 6) is -0.0122. The van der Waals surface area contributed by atoms with Crippen molar-refractivity contribution in [2.45, 2.75) is 4.90 Å². The van der Waals surface area contributed by atoms with Gasteiger partial charge in [0.1, 0.15) is 11.6 Å². The van der Waals surface area contributed by atoms with Gasteiger partial charge in [-0.15, -0.1) is 11.8 Å². The first-order valence-corrected chi connectivity index (χ1v) is 8.52. The summed E-state index contributed by atoms with van der Waals surface area (Å²) in [5, 5.41) is 2.56. The fraction of sp³-hybridized carbons (Fsp3) is 0.222. The number of halogens is 1. The Hall–Kier alpha value is -2.54. The third-order valence-electron chi connectivity index (χ3n) is 3.34. The summed E-state index contributed by atoms with van der Waals surface area (Å²) in [7, 11) is 3.15. The van der Waals surface area contributed by atoms with Crippen molar-refractivity contribution in [3.63, 3.8) is 0 Å². The van der Waals surface area contributed by atoms with Gasteiger partial charge < -0.3 is 15.0 Å². The lowest BCUT2D eigenvalue weighted by Gasteiger charge is -2.16. The molecule has 0 spiro atoms. The number of carbonyl (C=O) groups excluding carboxylic acids is 2. The van der Waals surface area contributed by atoms with Crippen LogP contribution in [0.5, 0.6) is 5.75 Å². The molecule has 0 aromatic heterocycles. The molecule has 0 aliphatic carbocycles. The molecule has 132 valence electrons. The van der Waals surface area contributed by atoms with Crippen LogP contribution in [0.3, 0.4) is 0 Å². The standard InChI is InChI=1S/C18H19FN2O3S/c1-21(11-17(22)20-14-5-3-4-13(19)10-14)18(23)12-25-16-8-6-15(24-2)7-9-16/h3-10H,11-12H2,1-2H3,(H,20,22). The van der Waals surface area contributed by atoms with E-state index >= 15 is 0 Å². The highest BCUT2D eigenvalue weighted by Gasteiger charge is 2.13. The molecule has 2 aromatic rings. The Morgan fingerprint density at radius 1 is 1.20 bits per heavy atom. The van der Waals surface area contributed by atoms with Crippen LogP contribution in [0.2, 0.25) is 0 Å². The molecule has 0 aliphatic heterocycles. The van der Waals surface area contributed by atoms with Crippen LogP contribution in [0.25, 0.3) is 0 Å². The van der Waals surface area contributed by atoms with Gasteiger partial charge in [0.15, 0.2) is 0 Å². The van der Waals surface area contributed by atoms with E-state index in [2.05, 4.69) is 5.32 Å². The number of anilines is 1. The summed E-state index contributed by atoms with van der Waals surface area (Å²) in [4.78, 5) is 26.3. The van der Waals surface area contributed by atoms with E-state index in [4.69, 9.17) is 4.74 Å². The number of benzene rings is 2. The van der Waals surface area contributed by atoms with Crippen LogP contribution in [0.1, 0.15) is 0 Å². The lowest BCUT2D eigenvalue weighted by atomic mass is 10.3. The maximum absolute atomic E-state index is 13.1. The highest BCUT2D eigenvalue weighted by molar-refractivity contribution is 8.00. The van der Waals surface area contributed by atoms with E-state index < -0.39 is 5.82 Å². The number of ether oxygens (including phenoxy) is 1. The Balaban J connectivity index is 1.79. The van der Waals surface area contributed by atoms with Crippen molar-refractivity contribution in [3.8, 4) is 5.75 Å². The third-order valence-corrected chi connectivity index (χ3v) is 4.33. The van der Waals surface area contributed by atoms with Crippen LogP contribution in [-0.4, -0.2) is 43.2 Å². The number of carbonyl (C=O) groups is 2. The monoisotopic (exact) mass is 362 g/mol. The Bertz CT molecular complexity index is 737. The van der Waals surface area contributed by atoms with Crippen molar-refractivity contribution in [3.05, 3.63) is 54.3 Å². The quantitative estimate of drug-likeness (QED) is 0.769. The van der Waals surface area contributed by atoms with Gasteiger partial charge in [0, 0.05) is 17.6 Å². The molecule has 2 aromatic carbocycles. The first kappa shape index (κ1) is 18.8. The fourth-order valence-corrected chi connectivity index (χ4v) is 2.84. The minimum absolute atomic E-state index is 0.0987. The summed E-state index contributed by atoms with van der Waals surface area (Å²) in [6, 6.07) is 13.0. The Kier molecular flexibility index (Phi) is 6.82. The predicted octanol–water partition coefficient (Wildman–Crippen LogP) is 3.02. The van der Waals surface area contributed by atoms with Crippen molar-refractivity contribution in [2.75, 3.05) is 31.8 Å². The van der Waals surface area contributed by atoms with Gasteiger partial charge in [0.2, 0.25) is 11.8 Å². The van der Waals surface area contributed by atoms with Crippen LogP contribution in [0, 0.1) is 5.82 Å². The molecule has 0 saturated carbocycles. The summed E-state index contributed by atoms with van der Waals surface area (Å²) >= 11 is 1.38. The van der Waals surface area contributed by atoms with Gasteiger partial charge in [-0.05, 0) is 42.5 Å². The fourth-order valence-electron chi connectivity index (χ4n) is 2.00. The topological polar surface area (TPSA) is 58.6 Å². The van der Waals surface area contributed by atoms with Gasteiger partial charge in [0.05, 0.1) is 19.4 Å². The van der Waals surface area contributed by atoms with E-state index in [0.717, 1.165) is 10.6 Å². The van der Waals surface area contributed by atoms with Crippen molar-refractivity contribution < 1.29 is 18.7 Å². The zero-order chi connectivity index (χ0) is 18.2. The summed E-state index contributed by atoms with van der Waals surface area (Å²) in [6.45, 7) is -0.0987. The summed E-state index contributed by atoms with van der Waals surface area (Å²) in [6.07, 6.45) is 0. The summed E-state index contributed by atoms with van der Waals surface area (Å²) < 4.78 is 18.2. The largest absolute Gasteiger partial charge is 0.497 e. The molecule has 0 aliphatic rings. The molecule has 0 bridgehead atoms. The van der Waals surface area contributed by atoms with Gasteiger partial charge >= 0.3 is 0 Å². The van der Waals surface area contributed by atoms with E-state index in [-0.39, 0.29) is 24.1 Å². The van der Waals surface area contributed by atoms with Crippen molar-refractivity contribution in [1.82, 2.24) is 4.90 Å². The lowest BCUT2D eigenvalue weighted by Crippen LogP contribution is -2.35. The Labute approximate surface area is 150 Å². The SMILES string of the molecule is COc1ccc(SCC(=O)N(C)CC(=O)Nc2cccc(F)c2)cc1. The number of methoxy groups -OCH3 is 1. The number of nitrogens with one attached hydrogen (secondary N) is 1. The lowest BCUT2D eigenvalue weighted by molar-refractivity contribution is -0.131. The van der Waals surface area contributed by atoms with E-state index in [1.807, 2.05) is 24.3 Å². The minimum Gasteiger partial charge on any atom is -0.497 e. The molecule has 0 heterocycles. The Morgan fingerprint density at radius 2 is 1.92 bits per heavy atom. The molecule has 0 fully saturated rings. The van der Waals surface area contributed by atoms with E-state index in [0.29, 0.717) is 5.69 Å². The molecule has 0 unspecified atom stereocenters. The number of amides is 2. The van der Waals surface area contributed by atoms with Crippen molar-refractivity contribution >= 4 is 29.3 Å². The van der Waals surface area contributed by atoms with Crippen LogP contribution in [0.15, 0.2) is 53.4 Å². The number of hydrogen-bond donors (Lipinski definition) is 1. The first-order chi connectivity index (χ1) is 12.0. The highest BCUT2D eigenvalue weighted by Crippen LogP contribution is 2.21.